The topological polar surface area (TPSA) is 123 Å². The van der Waals surface area contributed by atoms with Crippen molar-refractivity contribution in [1.29, 1.82) is 0 Å². The van der Waals surface area contributed by atoms with Gasteiger partial charge in [0.15, 0.2) is 0 Å². The molecule has 0 radical (unpaired) electrons. The zero-order chi connectivity index (χ0) is 30.8. The molecule has 10 heteroatoms. The predicted octanol–water partition coefficient (Wildman–Crippen LogP) is 3.16. The molecule has 44 heavy (non-hydrogen) atoms. The number of rotatable bonds is 3. The minimum Gasteiger partial charge on any atom is -0.377 e. The van der Waals surface area contributed by atoms with Crippen LogP contribution < -0.4 is 10.6 Å². The Kier molecular flexibility index (Phi) is 8.29. The molecular weight excluding hydrogens is 558 g/mol. The van der Waals surface area contributed by atoms with E-state index in [0.717, 1.165) is 27.8 Å². The highest BCUT2D eigenvalue weighted by Gasteiger charge is 2.51. The minimum atomic E-state index is -0.822. The molecule has 1 fully saturated rings. The maximum absolute atomic E-state index is 13.7. The van der Waals surface area contributed by atoms with Gasteiger partial charge in [-0.1, -0.05) is 43.5 Å². The highest BCUT2D eigenvalue weighted by Crippen LogP contribution is 2.47. The second-order valence-electron chi connectivity index (χ2n) is 11.7. The number of pyridine rings is 2. The summed E-state index contributed by atoms with van der Waals surface area (Å²) in [5, 5.41) is 5.91. The average Bonchev–Trinajstić information content (AvgIpc) is 3.53. The Balaban J connectivity index is 1.33. The molecule has 7 bridgehead atoms. The van der Waals surface area contributed by atoms with E-state index in [1.165, 1.54) is 0 Å². The third-order valence-electron chi connectivity index (χ3n) is 9.19. The molecule has 5 heterocycles. The van der Waals surface area contributed by atoms with Crippen LogP contribution in [0.4, 0.5) is 5.82 Å². The first-order chi connectivity index (χ1) is 21.3. The Hall–Kier alpha value is -4.41. The first-order valence-electron chi connectivity index (χ1n) is 15.0. The van der Waals surface area contributed by atoms with Gasteiger partial charge >= 0.3 is 0 Å². The van der Waals surface area contributed by atoms with E-state index < -0.39 is 17.4 Å². The SMILES string of the molecule is C=C/C=C(\C=C)C1CC2NC(=O)c3cc4c(cn3)C[C@]3(C4)C(=O)Nc4ncc(cc43)/C=C/COCCOCCN(C2=O)C1C. The van der Waals surface area contributed by atoms with E-state index in [1.807, 2.05) is 31.2 Å². The number of ether oxygens (including phenoxy) is 2. The molecule has 0 saturated carbocycles. The number of allylic oxidation sites excluding steroid dienone is 3. The lowest BCUT2D eigenvalue weighted by atomic mass is 9.79. The third kappa shape index (κ3) is 5.39. The standard InChI is InChI=1S/C34H37N5O5/c1-4-7-23(5-2)26-16-29-32(41)39(21(26)3)9-11-44-13-12-43-10-6-8-22-14-27-30(36-19-22)38-33(42)34(27)17-24-15-28(31(40)37-29)35-20-25(24)18-34/h4-8,14-15,19-21,26,29H,1-2,9-13,16-18H2,3H3,(H,37,40)(H,36,38,42)/b8-6+,23-7+/t21?,26?,29?,34-/m0/s1. The van der Waals surface area contributed by atoms with E-state index in [9.17, 15) is 14.4 Å². The molecule has 4 aliphatic rings. The Labute approximate surface area is 256 Å². The number of carbonyl (C=O) groups is 3. The maximum Gasteiger partial charge on any atom is 0.270 e. The lowest BCUT2D eigenvalue weighted by Gasteiger charge is -2.43. The van der Waals surface area contributed by atoms with Crippen molar-refractivity contribution >= 4 is 29.6 Å². The number of hydrogen-bond acceptors (Lipinski definition) is 7. The van der Waals surface area contributed by atoms with E-state index >= 15 is 0 Å². The third-order valence-corrected chi connectivity index (χ3v) is 9.19. The highest BCUT2D eigenvalue weighted by molar-refractivity contribution is 6.06. The zero-order valence-electron chi connectivity index (χ0n) is 24.9. The number of carbonyl (C=O) groups excluding carboxylic acids is 3. The monoisotopic (exact) mass is 595 g/mol. The molecule has 2 aromatic heterocycles. The van der Waals surface area contributed by atoms with Crippen LogP contribution >= 0.6 is 0 Å². The molecule has 3 amide bonds. The van der Waals surface area contributed by atoms with Crippen molar-refractivity contribution in [3.8, 4) is 0 Å². The van der Waals surface area contributed by atoms with Crippen LogP contribution in [0.5, 0.6) is 0 Å². The van der Waals surface area contributed by atoms with Crippen molar-refractivity contribution in [2.24, 2.45) is 5.92 Å². The van der Waals surface area contributed by atoms with Crippen LogP contribution in [0.25, 0.3) is 6.08 Å². The van der Waals surface area contributed by atoms with E-state index in [4.69, 9.17) is 9.47 Å². The summed E-state index contributed by atoms with van der Waals surface area (Å²) in [4.78, 5) is 51.4. The van der Waals surface area contributed by atoms with Crippen LogP contribution in [0.15, 0.2) is 67.6 Å². The highest BCUT2D eigenvalue weighted by atomic mass is 16.5. The van der Waals surface area contributed by atoms with E-state index in [2.05, 4.69) is 33.8 Å². The second-order valence-corrected chi connectivity index (χ2v) is 11.7. The molecule has 3 unspecified atom stereocenters. The molecule has 1 saturated heterocycles. The Morgan fingerprint density at radius 2 is 1.89 bits per heavy atom. The van der Waals surface area contributed by atoms with Gasteiger partial charge < -0.3 is 25.0 Å². The van der Waals surface area contributed by atoms with Crippen LogP contribution in [-0.2, 0) is 37.3 Å². The van der Waals surface area contributed by atoms with Crippen LogP contribution in [-0.4, -0.2) is 77.6 Å². The van der Waals surface area contributed by atoms with Crippen molar-refractivity contribution in [2.45, 2.75) is 43.7 Å². The van der Waals surface area contributed by atoms with E-state index in [1.54, 1.807) is 35.5 Å². The van der Waals surface area contributed by atoms with Crippen LogP contribution in [0, 0.1) is 5.92 Å². The fraction of sp³-hybridized carbons (Fsp3) is 0.382. The zero-order valence-corrected chi connectivity index (χ0v) is 24.9. The van der Waals surface area contributed by atoms with Gasteiger partial charge in [-0.25, -0.2) is 4.98 Å². The van der Waals surface area contributed by atoms with Crippen LogP contribution in [0.2, 0.25) is 0 Å². The molecule has 2 aromatic rings. The van der Waals surface area contributed by atoms with Gasteiger partial charge in [-0.3, -0.25) is 19.4 Å². The number of amides is 3. The minimum absolute atomic E-state index is 0.0681. The number of piperidine rings is 1. The van der Waals surface area contributed by atoms with Crippen LogP contribution in [0.1, 0.15) is 46.1 Å². The fourth-order valence-corrected chi connectivity index (χ4v) is 6.87. The van der Waals surface area contributed by atoms with Gasteiger partial charge in [0, 0.05) is 36.5 Å². The van der Waals surface area contributed by atoms with Crippen molar-refractivity contribution in [2.75, 3.05) is 38.3 Å². The number of hydrogen-bond donors (Lipinski definition) is 2. The number of anilines is 1. The number of aromatic nitrogens is 2. The number of fused-ring (bicyclic) bond motifs is 4. The smallest absolute Gasteiger partial charge is 0.270 e. The normalized spacial score (nSPS) is 28.0. The largest absolute Gasteiger partial charge is 0.377 e. The lowest BCUT2D eigenvalue weighted by molar-refractivity contribution is -0.141. The summed E-state index contributed by atoms with van der Waals surface area (Å²) in [6, 6.07) is 2.84. The van der Waals surface area contributed by atoms with Gasteiger partial charge in [0.2, 0.25) is 11.8 Å². The van der Waals surface area contributed by atoms with E-state index in [0.29, 0.717) is 58.1 Å². The molecule has 228 valence electrons. The first kappa shape index (κ1) is 29.7. The van der Waals surface area contributed by atoms with Gasteiger partial charge in [0.05, 0.1) is 31.8 Å². The van der Waals surface area contributed by atoms with Gasteiger partial charge in [0.25, 0.3) is 5.91 Å². The average molecular weight is 596 g/mol. The molecule has 6 rings (SSSR count). The molecule has 0 aromatic carbocycles. The Morgan fingerprint density at radius 1 is 1.07 bits per heavy atom. The van der Waals surface area contributed by atoms with Crippen molar-refractivity contribution < 1.29 is 23.9 Å². The summed E-state index contributed by atoms with van der Waals surface area (Å²) in [5.41, 5.74) is 3.83. The summed E-state index contributed by atoms with van der Waals surface area (Å²) < 4.78 is 11.5. The molecule has 2 N–H and O–H groups in total. The lowest BCUT2D eigenvalue weighted by Crippen LogP contribution is -2.59. The number of nitrogens with zero attached hydrogens (tertiary/aromatic N) is 3. The summed E-state index contributed by atoms with van der Waals surface area (Å²) in [7, 11) is 0. The summed E-state index contributed by atoms with van der Waals surface area (Å²) in [5.74, 6) is -0.225. The number of nitrogens with one attached hydrogen (secondary N) is 2. The van der Waals surface area contributed by atoms with Gasteiger partial charge in [-0.05, 0) is 60.6 Å². The molecule has 3 aliphatic heterocycles. The Bertz CT molecular complexity index is 1580. The summed E-state index contributed by atoms with van der Waals surface area (Å²) >= 11 is 0. The first-order valence-corrected chi connectivity index (χ1v) is 15.0. The second kappa shape index (κ2) is 12.3. The molecular formula is C34H37N5O5. The predicted molar refractivity (Wildman–Crippen MR) is 166 cm³/mol. The summed E-state index contributed by atoms with van der Waals surface area (Å²) in [6.07, 6.45) is 13.9. The van der Waals surface area contributed by atoms with Crippen molar-refractivity contribution in [3.05, 3.63) is 95.5 Å². The molecule has 1 spiro atoms. The van der Waals surface area contributed by atoms with Crippen LogP contribution in [0.3, 0.4) is 0 Å². The molecule has 1 aliphatic carbocycles. The van der Waals surface area contributed by atoms with Crippen molar-refractivity contribution in [1.82, 2.24) is 20.2 Å². The maximum atomic E-state index is 13.7. The molecule has 10 nitrogen and oxygen atoms in total. The fourth-order valence-electron chi connectivity index (χ4n) is 6.87. The van der Waals surface area contributed by atoms with E-state index in [-0.39, 0.29) is 29.5 Å². The van der Waals surface area contributed by atoms with Crippen molar-refractivity contribution in [3.63, 3.8) is 0 Å². The van der Waals surface area contributed by atoms with Gasteiger partial charge in [-0.2, -0.15) is 0 Å². The van der Waals surface area contributed by atoms with Gasteiger partial charge in [0.1, 0.15) is 17.6 Å². The quantitative estimate of drug-likeness (QED) is 0.523. The molecule has 4 atom stereocenters. The van der Waals surface area contributed by atoms with Gasteiger partial charge in [-0.15, -0.1) is 0 Å². The Morgan fingerprint density at radius 3 is 2.70 bits per heavy atom. The summed E-state index contributed by atoms with van der Waals surface area (Å²) in [6.45, 7) is 11.7.